The van der Waals surface area contributed by atoms with Crippen molar-refractivity contribution in [1.29, 1.82) is 0 Å². The Morgan fingerprint density at radius 3 is 2.89 bits per heavy atom. The summed E-state index contributed by atoms with van der Waals surface area (Å²) in [5.74, 6) is -0.229. The standard InChI is InChI=1S/C13H14BrNO3/c1-13(2,7-12(16)17)6-11-15-9-5-8(14)3-4-10(9)18-11/h3-5H,6-7H2,1-2H3,(H,16,17). The maximum Gasteiger partial charge on any atom is 0.303 e. The Bertz CT molecular complexity index is 589. The molecular weight excluding hydrogens is 298 g/mol. The third-order valence-electron chi connectivity index (χ3n) is 2.65. The van der Waals surface area contributed by atoms with Crippen molar-refractivity contribution in [2.45, 2.75) is 26.7 Å². The number of nitrogens with zero attached hydrogens (tertiary/aromatic N) is 1. The van der Waals surface area contributed by atoms with Crippen LogP contribution in [0.4, 0.5) is 0 Å². The van der Waals surface area contributed by atoms with Crippen molar-refractivity contribution >= 4 is 33.0 Å². The van der Waals surface area contributed by atoms with E-state index in [2.05, 4.69) is 20.9 Å². The van der Waals surface area contributed by atoms with Crippen LogP contribution in [0.2, 0.25) is 0 Å². The average Bonchev–Trinajstić information content (AvgIpc) is 2.55. The molecular formula is C13H14BrNO3. The summed E-state index contributed by atoms with van der Waals surface area (Å²) < 4.78 is 6.56. The molecule has 18 heavy (non-hydrogen) atoms. The van der Waals surface area contributed by atoms with Gasteiger partial charge >= 0.3 is 5.97 Å². The van der Waals surface area contributed by atoms with Crippen molar-refractivity contribution in [3.8, 4) is 0 Å². The highest BCUT2D eigenvalue weighted by Gasteiger charge is 2.24. The van der Waals surface area contributed by atoms with Crippen LogP contribution in [0.3, 0.4) is 0 Å². The molecule has 96 valence electrons. The summed E-state index contributed by atoms with van der Waals surface area (Å²) in [6.07, 6.45) is 0.598. The van der Waals surface area contributed by atoms with Crippen molar-refractivity contribution < 1.29 is 14.3 Å². The first-order valence-electron chi connectivity index (χ1n) is 5.62. The molecule has 1 heterocycles. The number of carboxylic acid groups (broad SMARTS) is 1. The van der Waals surface area contributed by atoms with E-state index >= 15 is 0 Å². The van der Waals surface area contributed by atoms with Crippen LogP contribution in [-0.4, -0.2) is 16.1 Å². The smallest absolute Gasteiger partial charge is 0.303 e. The normalized spacial score (nSPS) is 11.9. The molecule has 0 saturated carbocycles. The Hall–Kier alpha value is -1.36. The lowest BCUT2D eigenvalue weighted by Gasteiger charge is -2.19. The Labute approximate surface area is 113 Å². The molecule has 0 unspecified atom stereocenters. The van der Waals surface area contributed by atoms with Crippen LogP contribution >= 0.6 is 15.9 Å². The summed E-state index contributed by atoms with van der Waals surface area (Å²) in [5.41, 5.74) is 1.13. The fourth-order valence-corrected chi connectivity index (χ4v) is 2.25. The van der Waals surface area contributed by atoms with Crippen LogP contribution in [0.5, 0.6) is 0 Å². The van der Waals surface area contributed by atoms with Gasteiger partial charge in [0.15, 0.2) is 11.5 Å². The zero-order valence-electron chi connectivity index (χ0n) is 10.2. The van der Waals surface area contributed by atoms with Crippen LogP contribution < -0.4 is 0 Å². The topological polar surface area (TPSA) is 63.3 Å². The number of carbonyl (C=O) groups is 1. The average molecular weight is 312 g/mol. The molecule has 0 fully saturated rings. The first-order chi connectivity index (χ1) is 8.35. The van der Waals surface area contributed by atoms with Gasteiger partial charge < -0.3 is 9.52 Å². The molecule has 1 aromatic heterocycles. The predicted octanol–water partition coefficient (Wildman–Crippen LogP) is 3.63. The van der Waals surface area contributed by atoms with Gasteiger partial charge in [-0.2, -0.15) is 0 Å². The quantitative estimate of drug-likeness (QED) is 0.936. The molecule has 5 heteroatoms. The van der Waals surface area contributed by atoms with E-state index in [0.717, 1.165) is 15.6 Å². The van der Waals surface area contributed by atoms with Gasteiger partial charge in [0.05, 0.1) is 6.42 Å². The van der Waals surface area contributed by atoms with Gasteiger partial charge in [0.25, 0.3) is 0 Å². The fourth-order valence-electron chi connectivity index (χ4n) is 1.91. The van der Waals surface area contributed by atoms with E-state index < -0.39 is 5.97 Å². The number of aliphatic carboxylic acids is 1. The zero-order valence-corrected chi connectivity index (χ0v) is 11.8. The molecule has 0 aliphatic heterocycles. The highest BCUT2D eigenvalue weighted by atomic mass is 79.9. The van der Waals surface area contributed by atoms with Gasteiger partial charge in [0, 0.05) is 10.9 Å². The van der Waals surface area contributed by atoms with Gasteiger partial charge in [0.2, 0.25) is 0 Å². The molecule has 4 nitrogen and oxygen atoms in total. The van der Waals surface area contributed by atoms with E-state index in [1.165, 1.54) is 0 Å². The molecule has 1 aromatic carbocycles. The number of hydrogen-bond donors (Lipinski definition) is 1. The summed E-state index contributed by atoms with van der Waals surface area (Å²) in [4.78, 5) is 15.1. The van der Waals surface area contributed by atoms with Crippen molar-refractivity contribution in [1.82, 2.24) is 4.98 Å². The third-order valence-corrected chi connectivity index (χ3v) is 3.15. The van der Waals surface area contributed by atoms with Crippen molar-refractivity contribution in [2.24, 2.45) is 5.41 Å². The molecule has 2 aromatic rings. The summed E-state index contributed by atoms with van der Waals surface area (Å²) in [6.45, 7) is 3.79. The lowest BCUT2D eigenvalue weighted by atomic mass is 9.86. The maximum atomic E-state index is 10.8. The minimum absolute atomic E-state index is 0.0927. The van der Waals surface area contributed by atoms with Crippen LogP contribution in [0.1, 0.15) is 26.2 Å². The lowest BCUT2D eigenvalue weighted by Crippen LogP contribution is -2.19. The number of aromatic nitrogens is 1. The highest BCUT2D eigenvalue weighted by Crippen LogP contribution is 2.28. The number of halogens is 1. The van der Waals surface area contributed by atoms with Gasteiger partial charge in [-0.1, -0.05) is 29.8 Å². The second-order valence-corrected chi connectivity index (χ2v) is 6.05. The Kier molecular flexibility index (Phi) is 3.43. The largest absolute Gasteiger partial charge is 0.481 e. The predicted molar refractivity (Wildman–Crippen MR) is 71.4 cm³/mol. The summed E-state index contributed by atoms with van der Waals surface area (Å²) in [6, 6.07) is 5.62. The van der Waals surface area contributed by atoms with Crippen LogP contribution in [0.15, 0.2) is 27.1 Å². The van der Waals surface area contributed by atoms with E-state index in [0.29, 0.717) is 12.3 Å². The van der Waals surface area contributed by atoms with Gasteiger partial charge in [-0.15, -0.1) is 0 Å². The lowest BCUT2D eigenvalue weighted by molar-refractivity contribution is -0.139. The third kappa shape index (κ3) is 3.10. The highest BCUT2D eigenvalue weighted by molar-refractivity contribution is 9.10. The molecule has 0 spiro atoms. The van der Waals surface area contributed by atoms with Gasteiger partial charge in [-0.25, -0.2) is 4.98 Å². The summed E-state index contributed by atoms with van der Waals surface area (Å²) >= 11 is 3.38. The fraction of sp³-hybridized carbons (Fsp3) is 0.385. The van der Waals surface area contributed by atoms with Gasteiger partial charge in [-0.3, -0.25) is 4.79 Å². The van der Waals surface area contributed by atoms with Crippen LogP contribution in [-0.2, 0) is 11.2 Å². The zero-order chi connectivity index (χ0) is 13.3. The van der Waals surface area contributed by atoms with Crippen molar-refractivity contribution in [3.05, 3.63) is 28.6 Å². The SMILES string of the molecule is CC(C)(CC(=O)O)Cc1nc2cc(Br)ccc2o1. The molecule has 2 rings (SSSR count). The van der Waals surface area contributed by atoms with Gasteiger partial charge in [0.1, 0.15) is 5.52 Å². The number of fused-ring (bicyclic) bond motifs is 1. The van der Waals surface area contributed by atoms with E-state index in [4.69, 9.17) is 9.52 Å². The molecule has 0 radical (unpaired) electrons. The number of benzene rings is 1. The second kappa shape index (κ2) is 4.72. The number of oxazole rings is 1. The Balaban J connectivity index is 2.24. The summed E-state index contributed by atoms with van der Waals surface area (Å²) in [5, 5.41) is 8.85. The maximum absolute atomic E-state index is 10.8. The number of hydrogen-bond acceptors (Lipinski definition) is 3. The molecule has 0 saturated heterocycles. The minimum atomic E-state index is -0.807. The summed E-state index contributed by atoms with van der Waals surface area (Å²) in [7, 11) is 0. The van der Waals surface area contributed by atoms with E-state index in [1.54, 1.807) is 0 Å². The first-order valence-corrected chi connectivity index (χ1v) is 6.42. The Morgan fingerprint density at radius 2 is 2.22 bits per heavy atom. The van der Waals surface area contributed by atoms with E-state index in [9.17, 15) is 4.79 Å². The molecule has 0 bridgehead atoms. The number of rotatable bonds is 4. The van der Waals surface area contributed by atoms with E-state index in [-0.39, 0.29) is 11.8 Å². The second-order valence-electron chi connectivity index (χ2n) is 5.13. The molecule has 0 aliphatic rings. The van der Waals surface area contributed by atoms with Crippen LogP contribution in [0.25, 0.3) is 11.1 Å². The van der Waals surface area contributed by atoms with Crippen LogP contribution in [0, 0.1) is 5.41 Å². The van der Waals surface area contributed by atoms with Gasteiger partial charge in [-0.05, 0) is 23.6 Å². The minimum Gasteiger partial charge on any atom is -0.481 e. The van der Waals surface area contributed by atoms with Crippen molar-refractivity contribution in [3.63, 3.8) is 0 Å². The molecule has 0 atom stereocenters. The van der Waals surface area contributed by atoms with Crippen molar-refractivity contribution in [2.75, 3.05) is 0 Å². The first kappa shape index (κ1) is 13.1. The monoisotopic (exact) mass is 311 g/mol. The molecule has 0 amide bonds. The molecule has 0 aliphatic carbocycles. The Morgan fingerprint density at radius 1 is 1.50 bits per heavy atom. The molecule has 1 N–H and O–H groups in total. The number of carboxylic acids is 1. The van der Waals surface area contributed by atoms with E-state index in [1.807, 2.05) is 32.0 Å².